The summed E-state index contributed by atoms with van der Waals surface area (Å²) in [5, 5.41) is 6.83. The zero-order valence-electron chi connectivity index (χ0n) is 20.8. The summed E-state index contributed by atoms with van der Waals surface area (Å²) >= 11 is 0. The van der Waals surface area contributed by atoms with Gasteiger partial charge in [0.1, 0.15) is 0 Å². The second-order valence-electron chi connectivity index (χ2n) is 10.1. The van der Waals surface area contributed by atoms with E-state index in [0.717, 1.165) is 65.3 Å². The van der Waals surface area contributed by atoms with Crippen molar-refractivity contribution in [2.75, 3.05) is 56.2 Å². The minimum absolute atomic E-state index is 0.130. The topological polar surface area (TPSA) is 82.9 Å². The molecule has 9 nitrogen and oxygen atoms in total. The molecule has 0 bridgehead atoms. The van der Waals surface area contributed by atoms with Crippen molar-refractivity contribution in [3.63, 3.8) is 0 Å². The number of nitrogens with one attached hydrogen (secondary N) is 1. The van der Waals surface area contributed by atoms with Crippen LogP contribution in [0.25, 0.3) is 0 Å². The van der Waals surface area contributed by atoms with Gasteiger partial charge in [-0.05, 0) is 56.3 Å². The zero-order chi connectivity index (χ0) is 24.4. The minimum atomic E-state index is -0.199. The Hall–Kier alpha value is -2.91. The number of piperidine rings is 1. The summed E-state index contributed by atoms with van der Waals surface area (Å²) in [6.45, 7) is 10.6. The van der Waals surface area contributed by atoms with Crippen LogP contribution < -0.4 is 10.2 Å². The Labute approximate surface area is 207 Å². The molecule has 1 aromatic carbocycles. The summed E-state index contributed by atoms with van der Waals surface area (Å²) in [5.41, 5.74) is 4.17. The number of amides is 2. The van der Waals surface area contributed by atoms with Crippen molar-refractivity contribution in [3.05, 3.63) is 41.6 Å². The molecule has 3 saturated heterocycles. The average Bonchev–Trinajstić information content (AvgIpc) is 3.48. The van der Waals surface area contributed by atoms with E-state index >= 15 is 0 Å². The van der Waals surface area contributed by atoms with Gasteiger partial charge in [0.25, 0.3) is 0 Å². The molecular weight excluding hydrogens is 444 g/mol. The van der Waals surface area contributed by atoms with Gasteiger partial charge in [-0.25, -0.2) is 4.79 Å². The Morgan fingerprint density at radius 1 is 1.06 bits per heavy atom. The lowest BCUT2D eigenvalue weighted by atomic mass is 9.84. The summed E-state index contributed by atoms with van der Waals surface area (Å²) < 4.78 is 6.87. The van der Waals surface area contributed by atoms with Gasteiger partial charge in [0.05, 0.1) is 13.2 Å². The second-order valence-corrected chi connectivity index (χ2v) is 10.1. The Bertz CT molecular complexity index is 1070. The van der Waals surface area contributed by atoms with Gasteiger partial charge in [0.2, 0.25) is 5.91 Å². The van der Waals surface area contributed by atoms with Crippen molar-refractivity contribution in [2.24, 2.45) is 0 Å². The van der Waals surface area contributed by atoms with E-state index < -0.39 is 0 Å². The van der Waals surface area contributed by atoms with Gasteiger partial charge in [-0.2, -0.15) is 4.68 Å². The van der Waals surface area contributed by atoms with Crippen LogP contribution in [0.5, 0.6) is 0 Å². The molecule has 0 unspecified atom stereocenters. The summed E-state index contributed by atoms with van der Waals surface area (Å²) in [4.78, 5) is 31.2. The third kappa shape index (κ3) is 5.06. The lowest BCUT2D eigenvalue weighted by molar-refractivity contribution is -0.114. The zero-order valence-corrected chi connectivity index (χ0v) is 20.8. The van der Waals surface area contributed by atoms with Crippen LogP contribution in [-0.2, 0) is 16.1 Å². The monoisotopic (exact) mass is 480 g/mol. The molecule has 2 aromatic rings. The van der Waals surface area contributed by atoms with E-state index in [1.807, 2.05) is 4.90 Å². The molecule has 188 valence electrons. The predicted octanol–water partition coefficient (Wildman–Crippen LogP) is 3.09. The fourth-order valence-corrected chi connectivity index (χ4v) is 5.86. The van der Waals surface area contributed by atoms with Crippen LogP contribution in [0.2, 0.25) is 0 Å². The molecule has 9 heteroatoms. The highest BCUT2D eigenvalue weighted by atomic mass is 16.5. The Balaban J connectivity index is 1.23. The Kier molecular flexibility index (Phi) is 6.80. The molecule has 1 spiro atoms. The quantitative estimate of drug-likeness (QED) is 0.724. The molecule has 0 atom stereocenters. The van der Waals surface area contributed by atoms with Crippen LogP contribution in [0.4, 0.5) is 16.3 Å². The number of morpholine rings is 1. The molecule has 1 aromatic heterocycles. The van der Waals surface area contributed by atoms with Gasteiger partial charge in [0.15, 0.2) is 5.82 Å². The summed E-state index contributed by atoms with van der Waals surface area (Å²) in [7, 11) is 0. The molecule has 1 N–H and O–H groups in total. The number of carbonyl (C=O) groups excluding carboxylic acids is 2. The summed E-state index contributed by atoms with van der Waals surface area (Å²) in [6, 6.07) is 8.42. The fraction of sp³-hybridized carbons (Fsp3) is 0.577. The van der Waals surface area contributed by atoms with Crippen LogP contribution in [-0.4, -0.2) is 83.0 Å². The number of anilines is 2. The maximum Gasteiger partial charge on any atom is 0.344 e. The van der Waals surface area contributed by atoms with Crippen molar-refractivity contribution in [1.82, 2.24) is 19.6 Å². The molecule has 0 aliphatic carbocycles. The maximum absolute atomic E-state index is 13.0. The highest BCUT2D eigenvalue weighted by Crippen LogP contribution is 2.40. The fourth-order valence-electron chi connectivity index (χ4n) is 5.86. The molecule has 35 heavy (non-hydrogen) atoms. The van der Waals surface area contributed by atoms with Crippen LogP contribution in [0.1, 0.15) is 43.7 Å². The van der Waals surface area contributed by atoms with Gasteiger partial charge in [-0.15, -0.1) is 5.10 Å². The lowest BCUT2D eigenvalue weighted by Crippen LogP contribution is -2.53. The van der Waals surface area contributed by atoms with Crippen LogP contribution in [0.15, 0.2) is 30.5 Å². The first kappa shape index (κ1) is 23.8. The second kappa shape index (κ2) is 9.99. The minimum Gasteiger partial charge on any atom is -0.378 e. The van der Waals surface area contributed by atoms with Gasteiger partial charge in [-0.3, -0.25) is 9.69 Å². The van der Waals surface area contributed by atoms with Crippen LogP contribution in [0, 0.1) is 6.92 Å². The number of likely N-dealkylation sites (tertiary alicyclic amines) is 2. The SMILES string of the molecule is CC(=O)Nc1ccn(C(=O)N2CCC3(CCCN3Cc3ccc(C)c(N4CCOCC4)c3)CC2)n1. The predicted molar refractivity (Wildman–Crippen MR) is 135 cm³/mol. The first-order valence-corrected chi connectivity index (χ1v) is 12.7. The largest absolute Gasteiger partial charge is 0.378 e. The number of aryl methyl sites for hydroxylation is 1. The molecule has 2 amide bonds. The van der Waals surface area contributed by atoms with E-state index in [2.05, 4.69) is 45.3 Å². The van der Waals surface area contributed by atoms with Crippen molar-refractivity contribution in [1.29, 1.82) is 0 Å². The van der Waals surface area contributed by atoms with Crippen molar-refractivity contribution in [3.8, 4) is 0 Å². The number of ether oxygens (including phenoxy) is 1. The number of benzene rings is 1. The average molecular weight is 481 g/mol. The van der Waals surface area contributed by atoms with E-state index in [-0.39, 0.29) is 17.5 Å². The molecule has 5 rings (SSSR count). The third-order valence-corrected chi connectivity index (χ3v) is 7.79. The Morgan fingerprint density at radius 3 is 2.57 bits per heavy atom. The highest BCUT2D eigenvalue weighted by Gasteiger charge is 2.43. The third-order valence-electron chi connectivity index (χ3n) is 7.79. The van der Waals surface area contributed by atoms with Crippen molar-refractivity contribution < 1.29 is 14.3 Å². The van der Waals surface area contributed by atoms with E-state index in [0.29, 0.717) is 5.82 Å². The van der Waals surface area contributed by atoms with E-state index in [1.54, 1.807) is 12.3 Å². The molecule has 0 radical (unpaired) electrons. The summed E-state index contributed by atoms with van der Waals surface area (Å²) in [5.74, 6) is 0.199. The van der Waals surface area contributed by atoms with Crippen LogP contribution in [0.3, 0.4) is 0 Å². The normalized spacial score (nSPS) is 20.4. The number of hydrogen-bond donors (Lipinski definition) is 1. The molecular formula is C26H36N6O3. The van der Waals surface area contributed by atoms with E-state index in [4.69, 9.17) is 4.74 Å². The van der Waals surface area contributed by atoms with Gasteiger partial charge in [-0.1, -0.05) is 12.1 Å². The molecule has 3 aliphatic rings. The van der Waals surface area contributed by atoms with E-state index in [9.17, 15) is 9.59 Å². The molecule has 3 fully saturated rings. The standard InChI is InChI=1S/C26H36N6O3/c1-20-4-5-22(18-23(20)29-14-16-35-17-15-29)19-31-10-3-7-26(31)8-12-30(13-9-26)25(34)32-11-6-24(28-32)27-21(2)33/h4-6,11,18H,3,7-10,12-17,19H2,1-2H3,(H,27,28,33). The number of carbonyl (C=O) groups is 2. The van der Waals surface area contributed by atoms with Crippen LogP contribution >= 0.6 is 0 Å². The first-order chi connectivity index (χ1) is 16.9. The van der Waals surface area contributed by atoms with Gasteiger partial charge < -0.3 is 19.9 Å². The number of hydrogen-bond acceptors (Lipinski definition) is 6. The smallest absolute Gasteiger partial charge is 0.344 e. The molecule has 0 saturated carbocycles. The van der Waals surface area contributed by atoms with Gasteiger partial charge >= 0.3 is 6.03 Å². The highest BCUT2D eigenvalue weighted by molar-refractivity contribution is 5.88. The van der Waals surface area contributed by atoms with Gasteiger partial charge in [0, 0.05) is 63.1 Å². The van der Waals surface area contributed by atoms with Crippen molar-refractivity contribution in [2.45, 2.75) is 51.6 Å². The molecule has 3 aliphatic heterocycles. The molecule has 4 heterocycles. The maximum atomic E-state index is 13.0. The number of aromatic nitrogens is 2. The first-order valence-electron chi connectivity index (χ1n) is 12.7. The summed E-state index contributed by atoms with van der Waals surface area (Å²) in [6.07, 6.45) is 5.95. The lowest BCUT2D eigenvalue weighted by Gasteiger charge is -2.45. The van der Waals surface area contributed by atoms with E-state index in [1.165, 1.54) is 41.3 Å². The number of nitrogens with zero attached hydrogens (tertiary/aromatic N) is 5. The Morgan fingerprint density at radius 2 is 1.83 bits per heavy atom. The van der Waals surface area contributed by atoms with Crippen molar-refractivity contribution >= 4 is 23.4 Å². The number of rotatable bonds is 4.